The molecule has 2 rings (SSSR count). The normalized spacial score (nSPS) is 9.67. The van der Waals surface area contributed by atoms with Crippen LogP contribution in [0.15, 0.2) is 42.8 Å². The Hall–Kier alpha value is -1.72. The molecule has 2 aromatic rings. The minimum absolute atomic E-state index is 1.13. The highest BCUT2D eigenvalue weighted by Gasteiger charge is 1.96. The van der Waals surface area contributed by atoms with Gasteiger partial charge in [-0.05, 0) is 17.5 Å². The molecule has 0 saturated heterocycles. The van der Waals surface area contributed by atoms with Gasteiger partial charge in [0.05, 0.1) is 5.52 Å². The fourth-order valence-electron chi connectivity index (χ4n) is 1.34. The van der Waals surface area contributed by atoms with Crippen molar-refractivity contribution >= 4 is 17.0 Å². The summed E-state index contributed by atoms with van der Waals surface area (Å²) in [6, 6.07) is 8.19. The molecule has 1 nitrogen and oxygen atoms in total. The van der Waals surface area contributed by atoms with Crippen LogP contribution in [0.4, 0.5) is 0 Å². The molecule has 0 aliphatic heterocycles. The van der Waals surface area contributed by atoms with Crippen molar-refractivity contribution in [1.29, 1.82) is 0 Å². The second-order valence-corrected chi connectivity index (χ2v) is 2.64. The minimum atomic E-state index is 1.13. The summed E-state index contributed by atoms with van der Waals surface area (Å²) >= 11 is 0. The van der Waals surface area contributed by atoms with Crippen molar-refractivity contribution in [3.8, 4) is 0 Å². The average molecular weight is 155 g/mol. The number of rotatable bonds is 1. The Bertz CT molecular complexity index is 445. The molecule has 0 atom stereocenters. The van der Waals surface area contributed by atoms with Crippen LogP contribution in [0.1, 0.15) is 5.56 Å². The second-order valence-electron chi connectivity index (χ2n) is 2.64. The molecule has 0 aliphatic rings. The van der Waals surface area contributed by atoms with E-state index in [2.05, 4.69) is 29.4 Å². The number of para-hydroxylation sites is 1. The molecule has 58 valence electrons. The maximum absolute atomic E-state index is 3.55. The fourth-order valence-corrected chi connectivity index (χ4v) is 1.34. The van der Waals surface area contributed by atoms with Crippen molar-refractivity contribution < 1.29 is 0 Å². The Kier molecular flexibility index (Phi) is 1.58. The van der Waals surface area contributed by atoms with Gasteiger partial charge in [-0.2, -0.15) is 0 Å². The predicted octanol–water partition coefficient (Wildman–Crippen LogP) is 2.97. The first kappa shape index (κ1) is 6.96. The summed E-state index contributed by atoms with van der Waals surface area (Å²) in [6.07, 6.45) is 3.81. The van der Waals surface area contributed by atoms with Gasteiger partial charge < -0.3 is 4.98 Å². The van der Waals surface area contributed by atoms with Crippen molar-refractivity contribution in [3.05, 3.63) is 48.3 Å². The lowest BCUT2D eigenvalue weighted by molar-refractivity contribution is 1.47. The van der Waals surface area contributed by atoms with Gasteiger partial charge in [-0.15, -0.1) is 5.73 Å². The highest BCUT2D eigenvalue weighted by Crippen LogP contribution is 2.17. The third kappa shape index (κ3) is 0.969. The topological polar surface area (TPSA) is 15.8 Å². The number of hydrogen-bond acceptors (Lipinski definition) is 0. The van der Waals surface area contributed by atoms with Gasteiger partial charge in [0.2, 0.25) is 0 Å². The van der Waals surface area contributed by atoms with E-state index >= 15 is 0 Å². The summed E-state index contributed by atoms with van der Waals surface area (Å²) in [7, 11) is 0. The molecular formula is C11H9N. The van der Waals surface area contributed by atoms with Crippen LogP contribution in [0.5, 0.6) is 0 Å². The van der Waals surface area contributed by atoms with Crippen LogP contribution in [0, 0.1) is 0 Å². The molecule has 0 aliphatic carbocycles. The van der Waals surface area contributed by atoms with E-state index in [0.29, 0.717) is 0 Å². The Morgan fingerprint density at radius 3 is 3.08 bits per heavy atom. The lowest BCUT2D eigenvalue weighted by Crippen LogP contribution is -1.73. The minimum Gasteiger partial charge on any atom is -0.361 e. The van der Waals surface area contributed by atoms with Crippen molar-refractivity contribution in [2.45, 2.75) is 0 Å². The van der Waals surface area contributed by atoms with E-state index in [-0.39, 0.29) is 0 Å². The molecule has 1 aromatic carbocycles. The number of H-pyrrole nitrogens is 1. The largest absolute Gasteiger partial charge is 0.361 e. The van der Waals surface area contributed by atoms with Gasteiger partial charge in [-0.1, -0.05) is 24.8 Å². The number of hydrogen-bond donors (Lipinski definition) is 1. The highest BCUT2D eigenvalue weighted by atomic mass is 14.7. The molecule has 1 N–H and O–H groups in total. The first-order valence-corrected chi connectivity index (χ1v) is 3.84. The predicted molar refractivity (Wildman–Crippen MR) is 51.9 cm³/mol. The van der Waals surface area contributed by atoms with Crippen LogP contribution in [0.2, 0.25) is 0 Å². The van der Waals surface area contributed by atoms with E-state index in [0.717, 1.165) is 11.1 Å². The smallest absolute Gasteiger partial charge is 0.0533 e. The average Bonchev–Trinajstić information content (AvgIpc) is 2.53. The molecule has 1 heterocycles. The highest BCUT2D eigenvalue weighted by molar-refractivity contribution is 5.87. The van der Waals surface area contributed by atoms with Crippen LogP contribution >= 0.6 is 0 Å². The number of aromatic nitrogens is 1. The third-order valence-electron chi connectivity index (χ3n) is 1.88. The monoisotopic (exact) mass is 155 g/mol. The summed E-state index contributed by atoms with van der Waals surface area (Å²) in [4.78, 5) is 3.17. The van der Waals surface area contributed by atoms with Crippen molar-refractivity contribution in [3.63, 3.8) is 0 Å². The van der Waals surface area contributed by atoms with Crippen LogP contribution < -0.4 is 0 Å². The summed E-state index contributed by atoms with van der Waals surface area (Å²) in [5.74, 6) is 0. The van der Waals surface area contributed by atoms with Gasteiger partial charge in [-0.3, -0.25) is 0 Å². The van der Waals surface area contributed by atoms with Gasteiger partial charge in [0, 0.05) is 11.8 Å². The lowest BCUT2D eigenvalue weighted by atomic mass is 10.1. The second kappa shape index (κ2) is 2.72. The van der Waals surface area contributed by atoms with E-state index in [1.165, 1.54) is 5.39 Å². The molecular weight excluding hydrogens is 146 g/mol. The molecule has 12 heavy (non-hydrogen) atoms. The van der Waals surface area contributed by atoms with E-state index in [4.69, 9.17) is 0 Å². The zero-order chi connectivity index (χ0) is 8.39. The maximum atomic E-state index is 3.55. The molecule has 1 aromatic heterocycles. The Balaban J connectivity index is 2.81. The van der Waals surface area contributed by atoms with Crippen LogP contribution in [-0.2, 0) is 0 Å². The molecule has 0 fully saturated rings. The van der Waals surface area contributed by atoms with Crippen LogP contribution in [0.25, 0.3) is 17.0 Å². The first-order valence-electron chi connectivity index (χ1n) is 3.84. The zero-order valence-electron chi connectivity index (χ0n) is 6.67. The van der Waals surface area contributed by atoms with Crippen molar-refractivity contribution in [2.24, 2.45) is 0 Å². The summed E-state index contributed by atoms with van der Waals surface area (Å²) in [5, 5.41) is 1.22. The fraction of sp³-hybridized carbons (Fsp3) is 0. The molecule has 1 heteroatoms. The summed E-state index contributed by atoms with van der Waals surface area (Å²) in [5.41, 5.74) is 5.05. The van der Waals surface area contributed by atoms with E-state index in [1.807, 2.05) is 24.4 Å². The lowest BCUT2D eigenvalue weighted by Gasteiger charge is -1.93. The van der Waals surface area contributed by atoms with E-state index < -0.39 is 0 Å². The quantitative estimate of drug-likeness (QED) is 0.609. The molecule has 0 spiro atoms. The molecule has 0 unspecified atom stereocenters. The van der Waals surface area contributed by atoms with Gasteiger partial charge in [-0.25, -0.2) is 0 Å². The van der Waals surface area contributed by atoms with Crippen molar-refractivity contribution in [1.82, 2.24) is 4.98 Å². The van der Waals surface area contributed by atoms with Gasteiger partial charge >= 0.3 is 0 Å². The van der Waals surface area contributed by atoms with E-state index in [1.54, 1.807) is 0 Å². The Morgan fingerprint density at radius 1 is 1.33 bits per heavy atom. The molecule has 0 saturated carbocycles. The zero-order valence-corrected chi connectivity index (χ0v) is 6.67. The number of fused-ring (bicyclic) bond motifs is 1. The standard InChI is InChI=1S/C11H9N/c1-2-4-9-5-3-6-10-7-8-12-11(9)10/h3-8,12H,1H2. The van der Waals surface area contributed by atoms with Gasteiger partial charge in [0.1, 0.15) is 0 Å². The number of aromatic amines is 1. The molecule has 0 radical (unpaired) electrons. The van der Waals surface area contributed by atoms with Gasteiger partial charge in [0.15, 0.2) is 0 Å². The van der Waals surface area contributed by atoms with E-state index in [9.17, 15) is 0 Å². The third-order valence-corrected chi connectivity index (χ3v) is 1.88. The summed E-state index contributed by atoms with van der Waals surface area (Å²) < 4.78 is 0. The summed E-state index contributed by atoms with van der Waals surface area (Å²) in [6.45, 7) is 3.55. The maximum Gasteiger partial charge on any atom is 0.0533 e. The number of benzene rings is 1. The van der Waals surface area contributed by atoms with Crippen LogP contribution in [-0.4, -0.2) is 4.98 Å². The van der Waals surface area contributed by atoms with Crippen molar-refractivity contribution in [2.75, 3.05) is 0 Å². The first-order chi connectivity index (χ1) is 5.92. The Morgan fingerprint density at radius 2 is 2.25 bits per heavy atom. The number of nitrogens with one attached hydrogen (secondary N) is 1. The van der Waals surface area contributed by atoms with Gasteiger partial charge in [0.25, 0.3) is 0 Å². The Labute approximate surface area is 71.0 Å². The SMILES string of the molecule is C=C=Cc1cccc2cc[nH]c12. The van der Waals surface area contributed by atoms with Crippen LogP contribution in [0.3, 0.4) is 0 Å². The molecule has 0 bridgehead atoms. The molecule has 0 amide bonds.